The number of hydrogen-bond donors (Lipinski definition) is 1. The van der Waals surface area contributed by atoms with E-state index in [2.05, 4.69) is 28.2 Å². The lowest BCUT2D eigenvalue weighted by molar-refractivity contribution is 1.30. The minimum Gasteiger partial charge on any atom is -0.355 e. The Balaban J connectivity index is 1.92. The van der Waals surface area contributed by atoms with Gasteiger partial charge in [0.15, 0.2) is 0 Å². The van der Waals surface area contributed by atoms with Crippen LogP contribution in [0.1, 0.15) is 11.4 Å². The molecule has 0 atom stereocenters. The second-order valence-electron chi connectivity index (χ2n) is 3.90. The first kappa shape index (κ1) is 9.85. The summed E-state index contributed by atoms with van der Waals surface area (Å²) in [5.41, 5.74) is 3.22. The van der Waals surface area contributed by atoms with Crippen LogP contribution < -0.4 is 0 Å². The third-order valence-electron chi connectivity index (χ3n) is 2.67. The van der Waals surface area contributed by atoms with Gasteiger partial charge in [0.25, 0.3) is 0 Å². The fourth-order valence-electron chi connectivity index (χ4n) is 1.84. The summed E-state index contributed by atoms with van der Waals surface area (Å²) in [5, 5.41) is 1.23. The number of aromatic nitrogens is 2. The molecule has 2 nitrogen and oxygen atoms in total. The first-order valence-electron chi connectivity index (χ1n) is 5.59. The summed E-state index contributed by atoms with van der Waals surface area (Å²) < 4.78 is 0. The molecular formula is C15H12N2. The van der Waals surface area contributed by atoms with Gasteiger partial charge in [-0.15, -0.1) is 0 Å². The Morgan fingerprint density at radius 3 is 2.65 bits per heavy atom. The Kier molecular flexibility index (Phi) is 2.47. The van der Waals surface area contributed by atoms with Crippen molar-refractivity contribution in [1.29, 1.82) is 0 Å². The number of aromatic amines is 1. The zero-order valence-electron chi connectivity index (χ0n) is 9.30. The van der Waals surface area contributed by atoms with Crippen LogP contribution in [0.5, 0.6) is 0 Å². The molecule has 1 aromatic carbocycles. The van der Waals surface area contributed by atoms with Gasteiger partial charge in [0.05, 0.1) is 5.69 Å². The minimum absolute atomic E-state index is 0.964. The third kappa shape index (κ3) is 2.11. The monoisotopic (exact) mass is 220 g/mol. The number of para-hydroxylation sites is 1. The van der Waals surface area contributed by atoms with E-state index in [0.29, 0.717) is 0 Å². The average molecular weight is 220 g/mol. The van der Waals surface area contributed by atoms with Gasteiger partial charge in [-0.1, -0.05) is 24.3 Å². The maximum absolute atomic E-state index is 4.25. The predicted molar refractivity (Wildman–Crippen MR) is 71.5 cm³/mol. The number of hydrogen-bond acceptors (Lipinski definition) is 1. The van der Waals surface area contributed by atoms with Gasteiger partial charge in [0, 0.05) is 17.4 Å². The lowest BCUT2D eigenvalue weighted by atomic mass is 10.2. The van der Waals surface area contributed by atoms with E-state index in [-0.39, 0.29) is 0 Å². The first-order chi connectivity index (χ1) is 8.42. The van der Waals surface area contributed by atoms with E-state index >= 15 is 0 Å². The summed E-state index contributed by atoms with van der Waals surface area (Å²) in [6, 6.07) is 16.3. The molecular weight excluding hydrogens is 208 g/mol. The molecule has 17 heavy (non-hydrogen) atoms. The standard InChI is InChI=1S/C15H12N2/c1-2-7-15-12(5-1)11-14(17-15)9-8-13-6-3-4-10-16-13/h1-11,17H. The van der Waals surface area contributed by atoms with Gasteiger partial charge in [-0.05, 0) is 41.8 Å². The lowest BCUT2D eigenvalue weighted by Gasteiger charge is -1.89. The highest BCUT2D eigenvalue weighted by Crippen LogP contribution is 2.16. The largest absolute Gasteiger partial charge is 0.355 e. The average Bonchev–Trinajstić information content (AvgIpc) is 2.80. The topological polar surface area (TPSA) is 28.7 Å². The van der Waals surface area contributed by atoms with Crippen LogP contribution in [-0.4, -0.2) is 9.97 Å². The van der Waals surface area contributed by atoms with Crippen LogP contribution in [0.4, 0.5) is 0 Å². The molecule has 3 aromatic rings. The molecule has 0 saturated carbocycles. The summed E-state index contributed by atoms with van der Waals surface area (Å²) in [4.78, 5) is 7.60. The van der Waals surface area contributed by atoms with Crippen molar-refractivity contribution in [3.05, 3.63) is 66.1 Å². The highest BCUT2D eigenvalue weighted by Gasteiger charge is 1.95. The Morgan fingerprint density at radius 2 is 1.82 bits per heavy atom. The van der Waals surface area contributed by atoms with Crippen LogP contribution in [0, 0.1) is 0 Å². The molecule has 0 saturated heterocycles. The minimum atomic E-state index is 0.964. The molecule has 0 fully saturated rings. The second-order valence-corrected chi connectivity index (χ2v) is 3.90. The maximum Gasteiger partial charge on any atom is 0.0630 e. The molecule has 0 aliphatic heterocycles. The summed E-state index contributed by atoms with van der Waals surface area (Å²) in [6.45, 7) is 0. The predicted octanol–water partition coefficient (Wildman–Crippen LogP) is 3.73. The Morgan fingerprint density at radius 1 is 0.941 bits per heavy atom. The maximum atomic E-state index is 4.25. The lowest BCUT2D eigenvalue weighted by Crippen LogP contribution is -1.76. The van der Waals surface area contributed by atoms with Crippen LogP contribution in [0.25, 0.3) is 23.1 Å². The molecule has 2 heteroatoms. The van der Waals surface area contributed by atoms with Crippen LogP contribution in [0.3, 0.4) is 0 Å². The molecule has 1 N–H and O–H groups in total. The van der Waals surface area contributed by atoms with Crippen LogP contribution in [-0.2, 0) is 0 Å². The number of H-pyrrole nitrogens is 1. The van der Waals surface area contributed by atoms with Gasteiger partial charge in [-0.2, -0.15) is 0 Å². The van der Waals surface area contributed by atoms with Crippen molar-refractivity contribution < 1.29 is 0 Å². The van der Waals surface area contributed by atoms with Crippen molar-refractivity contribution in [1.82, 2.24) is 9.97 Å². The van der Waals surface area contributed by atoms with Crippen molar-refractivity contribution in [3.63, 3.8) is 0 Å². The summed E-state index contributed by atoms with van der Waals surface area (Å²) in [7, 11) is 0. The molecule has 0 unspecified atom stereocenters. The highest BCUT2D eigenvalue weighted by molar-refractivity contribution is 5.84. The van der Waals surface area contributed by atoms with Gasteiger partial charge in [-0.25, -0.2) is 0 Å². The Labute approximate surface area is 99.6 Å². The first-order valence-corrected chi connectivity index (χ1v) is 5.59. The van der Waals surface area contributed by atoms with Crippen molar-refractivity contribution in [2.24, 2.45) is 0 Å². The third-order valence-corrected chi connectivity index (χ3v) is 2.67. The SMILES string of the molecule is C(=Cc1cc2ccccc2[nH]1)c1ccccn1. The summed E-state index contributed by atoms with van der Waals surface area (Å²) >= 11 is 0. The van der Waals surface area contributed by atoms with Crippen molar-refractivity contribution >= 4 is 23.1 Å². The molecule has 0 amide bonds. The smallest absolute Gasteiger partial charge is 0.0630 e. The number of nitrogens with zero attached hydrogens (tertiary/aromatic N) is 1. The van der Waals surface area contributed by atoms with E-state index in [1.807, 2.05) is 42.5 Å². The summed E-state index contributed by atoms with van der Waals surface area (Å²) in [5.74, 6) is 0. The van der Waals surface area contributed by atoms with E-state index in [1.54, 1.807) is 6.20 Å². The number of fused-ring (bicyclic) bond motifs is 1. The van der Waals surface area contributed by atoms with Gasteiger partial charge in [0.1, 0.15) is 0 Å². The number of benzene rings is 1. The quantitative estimate of drug-likeness (QED) is 0.700. The van der Waals surface area contributed by atoms with Crippen molar-refractivity contribution in [3.8, 4) is 0 Å². The zero-order chi connectivity index (χ0) is 11.5. The molecule has 82 valence electrons. The van der Waals surface area contributed by atoms with Gasteiger partial charge in [0.2, 0.25) is 0 Å². The van der Waals surface area contributed by atoms with E-state index in [4.69, 9.17) is 0 Å². The highest BCUT2D eigenvalue weighted by atomic mass is 14.7. The van der Waals surface area contributed by atoms with Crippen LogP contribution in [0.2, 0.25) is 0 Å². The van der Waals surface area contributed by atoms with Crippen LogP contribution in [0.15, 0.2) is 54.7 Å². The Hall–Kier alpha value is -2.35. The molecule has 0 radical (unpaired) electrons. The van der Waals surface area contributed by atoms with Crippen LogP contribution >= 0.6 is 0 Å². The molecule has 2 heterocycles. The fraction of sp³-hybridized carbons (Fsp3) is 0. The number of rotatable bonds is 2. The zero-order valence-corrected chi connectivity index (χ0v) is 9.30. The summed E-state index contributed by atoms with van der Waals surface area (Å²) in [6.07, 6.45) is 5.85. The van der Waals surface area contributed by atoms with E-state index in [9.17, 15) is 0 Å². The normalized spacial score (nSPS) is 11.3. The molecule has 0 aliphatic carbocycles. The fourth-order valence-corrected chi connectivity index (χ4v) is 1.84. The molecule has 3 rings (SSSR count). The Bertz CT molecular complexity index is 618. The van der Waals surface area contributed by atoms with E-state index in [1.165, 1.54) is 5.39 Å². The number of pyridine rings is 1. The van der Waals surface area contributed by atoms with E-state index < -0.39 is 0 Å². The van der Waals surface area contributed by atoms with Gasteiger partial charge < -0.3 is 4.98 Å². The molecule has 0 spiro atoms. The molecule has 0 bridgehead atoms. The number of nitrogens with one attached hydrogen (secondary N) is 1. The van der Waals surface area contributed by atoms with Crippen molar-refractivity contribution in [2.45, 2.75) is 0 Å². The van der Waals surface area contributed by atoms with Gasteiger partial charge in [-0.3, -0.25) is 4.98 Å². The van der Waals surface area contributed by atoms with Gasteiger partial charge >= 0.3 is 0 Å². The van der Waals surface area contributed by atoms with E-state index in [0.717, 1.165) is 16.9 Å². The van der Waals surface area contributed by atoms with Crippen molar-refractivity contribution in [2.75, 3.05) is 0 Å². The molecule has 2 aromatic heterocycles. The molecule has 0 aliphatic rings. The second kappa shape index (κ2) is 4.26.